The van der Waals surface area contributed by atoms with E-state index in [-0.39, 0.29) is 0 Å². The molecule has 1 aromatic heterocycles. The minimum atomic E-state index is 0.573. The lowest BCUT2D eigenvalue weighted by molar-refractivity contribution is 0.112. The average molecular weight is 232 g/mol. The summed E-state index contributed by atoms with van der Waals surface area (Å²) in [7, 11) is 0. The van der Waals surface area contributed by atoms with Gasteiger partial charge in [-0.3, -0.25) is 4.79 Å². The van der Waals surface area contributed by atoms with Gasteiger partial charge in [0.15, 0.2) is 5.13 Å². The van der Waals surface area contributed by atoms with E-state index in [1.165, 1.54) is 11.3 Å². The molecule has 0 bridgehead atoms. The molecule has 0 unspecified atom stereocenters. The van der Waals surface area contributed by atoms with E-state index in [0.717, 1.165) is 28.8 Å². The highest BCUT2D eigenvalue weighted by Gasteiger charge is 2.10. The maximum atomic E-state index is 10.7. The molecule has 2 aromatic rings. The lowest BCUT2D eigenvalue weighted by atomic mass is 10.1. The molecule has 4 heteroatoms. The summed E-state index contributed by atoms with van der Waals surface area (Å²) in [6.07, 6.45) is 1.74. The van der Waals surface area contributed by atoms with Gasteiger partial charge in [0.1, 0.15) is 6.29 Å². The van der Waals surface area contributed by atoms with Gasteiger partial charge in [0.25, 0.3) is 0 Å². The third-order valence-corrected chi connectivity index (χ3v) is 3.36. The fourth-order valence-electron chi connectivity index (χ4n) is 1.59. The molecular formula is C12H12N2OS. The molecular weight excluding hydrogens is 220 g/mol. The molecule has 0 spiro atoms. The van der Waals surface area contributed by atoms with Gasteiger partial charge in [0.2, 0.25) is 0 Å². The third kappa shape index (κ3) is 1.97. The van der Waals surface area contributed by atoms with Crippen LogP contribution < -0.4 is 5.73 Å². The van der Waals surface area contributed by atoms with Crippen LogP contribution in [0.15, 0.2) is 24.3 Å². The zero-order valence-electron chi connectivity index (χ0n) is 8.93. The van der Waals surface area contributed by atoms with Crippen molar-refractivity contribution in [3.8, 4) is 11.3 Å². The Bertz CT molecular complexity index is 519. The fourth-order valence-corrected chi connectivity index (χ4v) is 2.39. The van der Waals surface area contributed by atoms with Gasteiger partial charge in [-0.25, -0.2) is 4.98 Å². The van der Waals surface area contributed by atoms with Crippen LogP contribution in [-0.2, 0) is 6.42 Å². The number of aryl methyl sites for hydroxylation is 1. The van der Waals surface area contributed by atoms with Gasteiger partial charge in [0.05, 0.1) is 5.69 Å². The number of hydrogen-bond acceptors (Lipinski definition) is 4. The van der Waals surface area contributed by atoms with Crippen LogP contribution in [0.1, 0.15) is 22.2 Å². The molecule has 16 heavy (non-hydrogen) atoms. The fraction of sp³-hybridized carbons (Fsp3) is 0.167. The number of carbonyl (C=O) groups excluding carboxylic acids is 1. The maximum absolute atomic E-state index is 10.7. The first kappa shape index (κ1) is 10.8. The van der Waals surface area contributed by atoms with E-state index in [1.54, 1.807) is 6.07 Å². The van der Waals surface area contributed by atoms with Crippen LogP contribution in [0, 0.1) is 0 Å². The molecule has 0 amide bonds. The molecule has 0 aliphatic rings. The second kappa shape index (κ2) is 4.45. The molecule has 0 radical (unpaired) electrons. The number of nitrogens with two attached hydrogens (primary N) is 1. The Hall–Kier alpha value is -1.68. The van der Waals surface area contributed by atoms with Crippen LogP contribution in [0.3, 0.4) is 0 Å². The largest absolute Gasteiger partial charge is 0.375 e. The number of nitrogens with zero attached hydrogens (tertiary/aromatic N) is 1. The highest BCUT2D eigenvalue weighted by atomic mass is 32.1. The first-order valence-electron chi connectivity index (χ1n) is 5.05. The predicted octanol–water partition coefficient (Wildman–Crippen LogP) is 2.77. The number of nitrogen functional groups attached to an aromatic ring is 1. The maximum Gasteiger partial charge on any atom is 0.180 e. The topological polar surface area (TPSA) is 56.0 Å². The second-order valence-corrected chi connectivity index (χ2v) is 4.54. The Kier molecular flexibility index (Phi) is 3.01. The Balaban J connectivity index is 2.52. The Morgan fingerprint density at radius 1 is 1.50 bits per heavy atom. The van der Waals surface area contributed by atoms with Crippen LogP contribution in [-0.4, -0.2) is 11.3 Å². The van der Waals surface area contributed by atoms with E-state index in [1.807, 2.05) is 18.2 Å². The molecule has 1 heterocycles. The number of anilines is 1. The molecule has 2 rings (SSSR count). The smallest absolute Gasteiger partial charge is 0.180 e. The zero-order valence-corrected chi connectivity index (χ0v) is 9.75. The van der Waals surface area contributed by atoms with Gasteiger partial charge >= 0.3 is 0 Å². The van der Waals surface area contributed by atoms with E-state index in [4.69, 9.17) is 5.73 Å². The monoisotopic (exact) mass is 232 g/mol. The molecule has 82 valence electrons. The van der Waals surface area contributed by atoms with Gasteiger partial charge < -0.3 is 5.73 Å². The minimum Gasteiger partial charge on any atom is -0.375 e. The average Bonchev–Trinajstić information content (AvgIpc) is 2.70. The summed E-state index contributed by atoms with van der Waals surface area (Å²) in [5.74, 6) is 0. The SMILES string of the molecule is CCc1sc(N)nc1-c1cccc(C=O)c1. The molecule has 1 aromatic carbocycles. The Morgan fingerprint density at radius 2 is 2.31 bits per heavy atom. The number of aldehydes is 1. The standard InChI is InChI=1S/C12H12N2OS/c1-2-10-11(14-12(13)16-10)9-5-3-4-8(6-9)7-15/h3-7H,2H2,1H3,(H2,13,14). The molecule has 0 atom stereocenters. The third-order valence-electron chi connectivity index (χ3n) is 2.33. The highest BCUT2D eigenvalue weighted by molar-refractivity contribution is 7.15. The lowest BCUT2D eigenvalue weighted by Gasteiger charge is -2.00. The predicted molar refractivity (Wildman–Crippen MR) is 66.7 cm³/mol. The minimum absolute atomic E-state index is 0.573. The number of thiazole rings is 1. The number of benzene rings is 1. The van der Waals surface area contributed by atoms with Crippen molar-refractivity contribution in [3.05, 3.63) is 34.7 Å². The normalized spacial score (nSPS) is 10.3. The number of hydrogen-bond donors (Lipinski definition) is 1. The lowest BCUT2D eigenvalue weighted by Crippen LogP contribution is -1.87. The summed E-state index contributed by atoms with van der Waals surface area (Å²) in [6.45, 7) is 2.07. The van der Waals surface area contributed by atoms with Crippen LogP contribution in [0.5, 0.6) is 0 Å². The van der Waals surface area contributed by atoms with Crippen LogP contribution in [0.4, 0.5) is 5.13 Å². The molecule has 0 aliphatic carbocycles. The van der Waals surface area contributed by atoms with Gasteiger partial charge in [-0.05, 0) is 12.5 Å². The van der Waals surface area contributed by atoms with Gasteiger partial charge in [0, 0.05) is 16.0 Å². The van der Waals surface area contributed by atoms with Crippen molar-refractivity contribution in [1.82, 2.24) is 4.98 Å². The van der Waals surface area contributed by atoms with Crippen molar-refractivity contribution in [2.24, 2.45) is 0 Å². The molecule has 0 saturated carbocycles. The molecule has 0 fully saturated rings. The summed E-state index contributed by atoms with van der Waals surface area (Å²) in [5, 5.41) is 0.573. The van der Waals surface area contributed by atoms with Crippen molar-refractivity contribution >= 4 is 22.8 Å². The number of carbonyl (C=O) groups is 1. The molecule has 2 N–H and O–H groups in total. The summed E-state index contributed by atoms with van der Waals surface area (Å²) >= 11 is 1.50. The summed E-state index contributed by atoms with van der Waals surface area (Å²) in [5.41, 5.74) is 8.21. The van der Waals surface area contributed by atoms with Crippen molar-refractivity contribution in [1.29, 1.82) is 0 Å². The number of aromatic nitrogens is 1. The summed E-state index contributed by atoms with van der Waals surface area (Å²) < 4.78 is 0. The zero-order chi connectivity index (χ0) is 11.5. The Morgan fingerprint density at radius 3 is 3.00 bits per heavy atom. The first-order chi connectivity index (χ1) is 7.74. The van der Waals surface area contributed by atoms with E-state index in [0.29, 0.717) is 10.7 Å². The van der Waals surface area contributed by atoms with Gasteiger partial charge in [-0.1, -0.05) is 25.1 Å². The van der Waals surface area contributed by atoms with E-state index in [9.17, 15) is 4.79 Å². The van der Waals surface area contributed by atoms with Gasteiger partial charge in [-0.2, -0.15) is 0 Å². The van der Waals surface area contributed by atoms with E-state index >= 15 is 0 Å². The molecule has 0 saturated heterocycles. The van der Waals surface area contributed by atoms with Crippen molar-refractivity contribution in [2.75, 3.05) is 5.73 Å². The number of rotatable bonds is 3. The van der Waals surface area contributed by atoms with Crippen LogP contribution >= 0.6 is 11.3 Å². The van der Waals surface area contributed by atoms with Gasteiger partial charge in [-0.15, -0.1) is 11.3 Å². The molecule has 3 nitrogen and oxygen atoms in total. The van der Waals surface area contributed by atoms with Crippen molar-refractivity contribution < 1.29 is 4.79 Å². The Labute approximate surface area is 97.9 Å². The van der Waals surface area contributed by atoms with Crippen molar-refractivity contribution in [2.45, 2.75) is 13.3 Å². The van der Waals surface area contributed by atoms with Crippen molar-refractivity contribution in [3.63, 3.8) is 0 Å². The van der Waals surface area contributed by atoms with Crippen LogP contribution in [0.25, 0.3) is 11.3 Å². The second-order valence-electron chi connectivity index (χ2n) is 3.42. The highest BCUT2D eigenvalue weighted by Crippen LogP contribution is 2.30. The van der Waals surface area contributed by atoms with Crippen LogP contribution in [0.2, 0.25) is 0 Å². The molecule has 0 aliphatic heterocycles. The first-order valence-corrected chi connectivity index (χ1v) is 5.87. The van der Waals surface area contributed by atoms with E-state index in [2.05, 4.69) is 11.9 Å². The van der Waals surface area contributed by atoms with E-state index < -0.39 is 0 Å². The summed E-state index contributed by atoms with van der Waals surface area (Å²) in [4.78, 5) is 16.2. The quantitative estimate of drug-likeness (QED) is 0.828. The summed E-state index contributed by atoms with van der Waals surface area (Å²) in [6, 6.07) is 7.41.